The van der Waals surface area contributed by atoms with E-state index in [1.165, 1.54) is 28.6 Å². The summed E-state index contributed by atoms with van der Waals surface area (Å²) in [6.07, 6.45) is 0. The first-order chi connectivity index (χ1) is 17.7. The molecule has 1 aromatic heterocycles. The fourth-order valence-corrected chi connectivity index (χ4v) is 6.04. The Labute approximate surface area is 220 Å². The van der Waals surface area contributed by atoms with Crippen molar-refractivity contribution >= 4 is 44.2 Å². The van der Waals surface area contributed by atoms with Gasteiger partial charge in [-0.05, 0) is 30.7 Å². The smallest absolute Gasteiger partial charge is 0.341 e. The molecule has 0 saturated heterocycles. The van der Waals surface area contributed by atoms with Gasteiger partial charge in [-0.3, -0.25) is 4.79 Å². The minimum Gasteiger partial charge on any atom is -0.462 e. The van der Waals surface area contributed by atoms with E-state index in [0.717, 1.165) is 16.9 Å². The first-order valence-corrected chi connectivity index (χ1v) is 14.0. The molecule has 196 valence electrons. The van der Waals surface area contributed by atoms with Crippen LogP contribution >= 0.6 is 11.3 Å². The van der Waals surface area contributed by atoms with Crippen molar-refractivity contribution in [3.05, 3.63) is 71.1 Å². The summed E-state index contributed by atoms with van der Waals surface area (Å²) in [6.45, 7) is 5.24. The first kappa shape index (κ1) is 28.0. The molecule has 0 bridgehead atoms. The molecule has 0 aliphatic carbocycles. The lowest BCUT2D eigenvalue weighted by molar-refractivity contribution is -0.119. The van der Waals surface area contributed by atoms with Crippen LogP contribution in [0.5, 0.6) is 0 Å². The summed E-state index contributed by atoms with van der Waals surface area (Å²) in [6, 6.07) is 14.7. The largest absolute Gasteiger partial charge is 0.462 e. The van der Waals surface area contributed by atoms with Gasteiger partial charge in [0.1, 0.15) is 10.6 Å². The number of sulfonamides is 1. The van der Waals surface area contributed by atoms with Crippen LogP contribution in [0, 0.1) is 0 Å². The van der Waals surface area contributed by atoms with Crippen LogP contribution in [0.4, 0.5) is 5.00 Å². The molecular weight excluding hydrogens is 516 g/mol. The van der Waals surface area contributed by atoms with Crippen LogP contribution in [0.3, 0.4) is 0 Å². The van der Waals surface area contributed by atoms with Gasteiger partial charge in [0.2, 0.25) is 10.0 Å². The number of benzene rings is 2. The molecule has 0 aliphatic heterocycles. The van der Waals surface area contributed by atoms with Crippen LogP contribution in [0.2, 0.25) is 0 Å². The van der Waals surface area contributed by atoms with Crippen molar-refractivity contribution in [1.29, 1.82) is 0 Å². The van der Waals surface area contributed by atoms with E-state index in [9.17, 15) is 22.8 Å². The minimum atomic E-state index is -3.76. The molecule has 9 nitrogen and oxygen atoms in total. The molecule has 0 saturated carbocycles. The number of nitrogens with zero attached hydrogens (tertiary/aromatic N) is 1. The Bertz CT molecular complexity index is 1360. The van der Waals surface area contributed by atoms with E-state index in [-0.39, 0.29) is 40.7 Å². The zero-order valence-electron chi connectivity index (χ0n) is 20.7. The highest BCUT2D eigenvalue weighted by Gasteiger charge is 2.25. The van der Waals surface area contributed by atoms with E-state index in [0.29, 0.717) is 5.56 Å². The Hall–Kier alpha value is -3.54. The van der Waals surface area contributed by atoms with Gasteiger partial charge in [-0.25, -0.2) is 18.0 Å². The fourth-order valence-electron chi connectivity index (χ4n) is 3.56. The average Bonchev–Trinajstić information content (AvgIpc) is 3.32. The highest BCUT2D eigenvalue weighted by Crippen LogP contribution is 2.36. The molecule has 0 radical (unpaired) electrons. The molecule has 37 heavy (non-hydrogen) atoms. The monoisotopic (exact) mass is 544 g/mol. The van der Waals surface area contributed by atoms with Gasteiger partial charge in [0, 0.05) is 24.0 Å². The van der Waals surface area contributed by atoms with Gasteiger partial charge in [-0.15, -0.1) is 11.3 Å². The molecular formula is C26H28N2O7S2. The third kappa shape index (κ3) is 6.62. The number of nitrogens with one attached hydrogen (secondary N) is 1. The molecule has 2 aromatic carbocycles. The molecule has 3 rings (SSSR count). The summed E-state index contributed by atoms with van der Waals surface area (Å²) in [5.74, 6) is -2.10. The Kier molecular flexibility index (Phi) is 9.56. The van der Waals surface area contributed by atoms with E-state index in [1.807, 2.05) is 30.3 Å². The third-order valence-electron chi connectivity index (χ3n) is 5.36. The van der Waals surface area contributed by atoms with E-state index in [1.54, 1.807) is 26.2 Å². The topological polar surface area (TPSA) is 119 Å². The van der Waals surface area contributed by atoms with E-state index in [2.05, 4.69) is 5.32 Å². The molecule has 11 heteroatoms. The summed E-state index contributed by atoms with van der Waals surface area (Å²) in [5.41, 5.74) is 1.61. The van der Waals surface area contributed by atoms with E-state index >= 15 is 0 Å². The molecule has 0 atom stereocenters. The zero-order valence-corrected chi connectivity index (χ0v) is 22.4. The van der Waals surface area contributed by atoms with E-state index < -0.39 is 34.5 Å². The van der Waals surface area contributed by atoms with Crippen LogP contribution in [0.25, 0.3) is 11.1 Å². The second-order valence-electron chi connectivity index (χ2n) is 7.68. The predicted molar refractivity (Wildman–Crippen MR) is 141 cm³/mol. The van der Waals surface area contributed by atoms with E-state index in [4.69, 9.17) is 9.47 Å². The highest BCUT2D eigenvalue weighted by atomic mass is 32.2. The number of carbonyl (C=O) groups excluding carboxylic acids is 3. The number of amides is 1. The maximum atomic E-state index is 12.7. The van der Waals surface area contributed by atoms with Crippen molar-refractivity contribution in [2.45, 2.75) is 25.7 Å². The van der Waals surface area contributed by atoms with Gasteiger partial charge in [-0.2, -0.15) is 4.31 Å². The van der Waals surface area contributed by atoms with Crippen LogP contribution in [-0.2, 0) is 24.3 Å². The molecule has 1 amide bonds. The lowest BCUT2D eigenvalue weighted by Crippen LogP contribution is -2.30. The number of rotatable bonds is 11. The Morgan fingerprint density at radius 2 is 1.62 bits per heavy atom. The van der Waals surface area contributed by atoms with Crippen molar-refractivity contribution in [1.82, 2.24) is 4.31 Å². The minimum absolute atomic E-state index is 0.00395. The van der Waals surface area contributed by atoms with Gasteiger partial charge in [0.15, 0.2) is 6.61 Å². The van der Waals surface area contributed by atoms with Crippen molar-refractivity contribution in [3.8, 4) is 11.1 Å². The number of hydrogen-bond acceptors (Lipinski definition) is 8. The Morgan fingerprint density at radius 3 is 2.27 bits per heavy atom. The predicted octanol–water partition coefficient (Wildman–Crippen LogP) is 4.42. The number of anilines is 1. The SMILES string of the molecule is CCOC(=O)c1c(-c2ccccc2)csc1NC(=O)COC(=O)c1cccc(S(=O)(=O)N(CC)CC)c1. The number of esters is 2. The van der Waals surface area contributed by atoms with Crippen LogP contribution in [0.1, 0.15) is 41.5 Å². The number of carbonyl (C=O) groups is 3. The maximum Gasteiger partial charge on any atom is 0.341 e. The lowest BCUT2D eigenvalue weighted by Gasteiger charge is -2.18. The lowest BCUT2D eigenvalue weighted by atomic mass is 10.0. The maximum absolute atomic E-state index is 12.7. The van der Waals surface area contributed by atoms with Crippen molar-refractivity contribution in [2.24, 2.45) is 0 Å². The Balaban J connectivity index is 1.73. The molecule has 0 fully saturated rings. The molecule has 0 spiro atoms. The number of ether oxygens (including phenoxy) is 2. The Morgan fingerprint density at radius 1 is 0.919 bits per heavy atom. The van der Waals surface area contributed by atoms with Gasteiger partial charge >= 0.3 is 11.9 Å². The summed E-state index contributed by atoms with van der Waals surface area (Å²) >= 11 is 1.15. The van der Waals surface area contributed by atoms with Gasteiger partial charge < -0.3 is 14.8 Å². The summed E-state index contributed by atoms with van der Waals surface area (Å²) < 4.78 is 37.1. The van der Waals surface area contributed by atoms with Gasteiger partial charge in [0.05, 0.1) is 17.1 Å². The standard InChI is InChI=1S/C26H28N2O7S2/c1-4-28(5-2)37(32,33)20-14-10-13-19(15-20)25(30)35-16-22(29)27-24-23(26(31)34-6-3)21(17-36-24)18-11-8-7-9-12-18/h7-15,17H,4-6,16H2,1-3H3,(H,27,29). The second-order valence-corrected chi connectivity index (χ2v) is 10.5. The normalized spacial score (nSPS) is 11.2. The van der Waals surface area contributed by atoms with Gasteiger partial charge in [-0.1, -0.05) is 50.2 Å². The summed E-state index contributed by atoms with van der Waals surface area (Å²) in [7, 11) is -3.76. The highest BCUT2D eigenvalue weighted by molar-refractivity contribution is 7.89. The molecule has 0 unspecified atom stereocenters. The van der Waals surface area contributed by atoms with Crippen molar-refractivity contribution < 1.29 is 32.3 Å². The van der Waals surface area contributed by atoms with Crippen molar-refractivity contribution in [2.75, 3.05) is 31.6 Å². The number of thiophene rings is 1. The fraction of sp³-hybridized carbons (Fsp3) is 0.269. The molecule has 1 heterocycles. The third-order valence-corrected chi connectivity index (χ3v) is 8.30. The van der Waals surface area contributed by atoms with Crippen LogP contribution in [-0.4, -0.2) is 56.9 Å². The van der Waals surface area contributed by atoms with Gasteiger partial charge in [0.25, 0.3) is 5.91 Å². The molecule has 1 N–H and O–H groups in total. The molecule has 0 aliphatic rings. The zero-order chi connectivity index (χ0) is 27.0. The number of hydrogen-bond donors (Lipinski definition) is 1. The van der Waals surface area contributed by atoms with Crippen molar-refractivity contribution in [3.63, 3.8) is 0 Å². The second kappa shape index (κ2) is 12.6. The summed E-state index contributed by atoms with van der Waals surface area (Å²) in [5, 5.41) is 4.62. The average molecular weight is 545 g/mol. The molecule has 3 aromatic rings. The van der Waals surface area contributed by atoms with Crippen LogP contribution < -0.4 is 5.32 Å². The quantitative estimate of drug-likeness (QED) is 0.355. The van der Waals surface area contributed by atoms with Crippen LogP contribution in [0.15, 0.2) is 64.9 Å². The summed E-state index contributed by atoms with van der Waals surface area (Å²) in [4.78, 5) is 37.8. The first-order valence-electron chi connectivity index (χ1n) is 11.6.